The van der Waals surface area contributed by atoms with E-state index in [0.29, 0.717) is 23.8 Å². The highest BCUT2D eigenvalue weighted by atomic mass is 16.5. The van der Waals surface area contributed by atoms with Crippen LogP contribution in [0.25, 0.3) is 0 Å². The maximum absolute atomic E-state index is 12.3. The molecule has 1 saturated heterocycles. The summed E-state index contributed by atoms with van der Waals surface area (Å²) in [6, 6.07) is 7.46. The van der Waals surface area contributed by atoms with E-state index < -0.39 is 0 Å². The number of hydrogen-bond donors (Lipinski definition) is 1. The van der Waals surface area contributed by atoms with E-state index in [9.17, 15) is 4.79 Å². The van der Waals surface area contributed by atoms with Gasteiger partial charge in [-0.25, -0.2) is 0 Å². The molecule has 4 nitrogen and oxygen atoms in total. The first-order valence-corrected chi connectivity index (χ1v) is 7.89. The van der Waals surface area contributed by atoms with E-state index in [4.69, 9.17) is 4.74 Å². The van der Waals surface area contributed by atoms with Gasteiger partial charge in [0.1, 0.15) is 5.75 Å². The normalized spacial score (nSPS) is 19.2. The Morgan fingerprint density at radius 1 is 1.43 bits per heavy atom. The second kappa shape index (κ2) is 8.03. The van der Waals surface area contributed by atoms with Gasteiger partial charge in [-0.15, -0.1) is 0 Å². The van der Waals surface area contributed by atoms with Gasteiger partial charge < -0.3 is 15.0 Å². The van der Waals surface area contributed by atoms with Gasteiger partial charge in [0.2, 0.25) is 0 Å². The van der Waals surface area contributed by atoms with Gasteiger partial charge in [-0.1, -0.05) is 19.1 Å². The molecule has 0 unspecified atom stereocenters. The summed E-state index contributed by atoms with van der Waals surface area (Å²) in [5.41, 5.74) is 0.634. The quantitative estimate of drug-likeness (QED) is 0.875. The number of nitrogens with zero attached hydrogens (tertiary/aromatic N) is 1. The first-order chi connectivity index (χ1) is 10.2. The van der Waals surface area contributed by atoms with E-state index in [0.717, 1.165) is 26.1 Å². The number of ether oxygens (including phenoxy) is 1. The van der Waals surface area contributed by atoms with Crippen molar-refractivity contribution < 1.29 is 9.53 Å². The third kappa shape index (κ3) is 4.74. The summed E-state index contributed by atoms with van der Waals surface area (Å²) >= 11 is 0. The Morgan fingerprint density at radius 3 is 3.00 bits per heavy atom. The first-order valence-electron chi connectivity index (χ1n) is 7.89. The maximum atomic E-state index is 12.3. The minimum Gasteiger partial charge on any atom is -0.493 e. The van der Waals surface area contributed by atoms with Crippen LogP contribution in [-0.2, 0) is 0 Å². The highest BCUT2D eigenvalue weighted by molar-refractivity contribution is 5.96. The van der Waals surface area contributed by atoms with E-state index in [2.05, 4.69) is 24.2 Å². The molecule has 1 aliphatic heterocycles. The molecule has 2 rings (SSSR count). The Morgan fingerprint density at radius 2 is 2.24 bits per heavy atom. The van der Waals surface area contributed by atoms with Crippen LogP contribution in [0.15, 0.2) is 24.3 Å². The molecule has 0 saturated carbocycles. The number of hydrogen-bond acceptors (Lipinski definition) is 3. The fourth-order valence-corrected chi connectivity index (χ4v) is 2.76. The summed E-state index contributed by atoms with van der Waals surface area (Å²) in [7, 11) is 2.14. The van der Waals surface area contributed by atoms with Gasteiger partial charge in [-0.2, -0.15) is 0 Å². The van der Waals surface area contributed by atoms with Crippen LogP contribution in [0.1, 0.15) is 36.5 Å². The van der Waals surface area contributed by atoms with E-state index >= 15 is 0 Å². The summed E-state index contributed by atoms with van der Waals surface area (Å²) in [4.78, 5) is 14.7. The molecular formula is C17H26N2O2. The molecule has 1 amide bonds. The number of amides is 1. The predicted molar refractivity (Wildman–Crippen MR) is 84.8 cm³/mol. The molecule has 1 heterocycles. The second-order valence-electron chi connectivity index (χ2n) is 5.83. The van der Waals surface area contributed by atoms with Gasteiger partial charge in [-0.05, 0) is 50.9 Å². The van der Waals surface area contributed by atoms with Crippen molar-refractivity contribution in [1.29, 1.82) is 0 Å². The smallest absolute Gasteiger partial charge is 0.255 e. The number of para-hydroxylation sites is 1. The van der Waals surface area contributed by atoms with Crippen LogP contribution in [0.2, 0.25) is 0 Å². The number of nitrogens with one attached hydrogen (secondary N) is 1. The molecule has 116 valence electrons. The fourth-order valence-electron chi connectivity index (χ4n) is 2.76. The Kier molecular flexibility index (Phi) is 6.05. The number of carbonyl (C=O) groups excluding carboxylic acids is 1. The largest absolute Gasteiger partial charge is 0.493 e. The summed E-state index contributed by atoms with van der Waals surface area (Å²) < 4.78 is 5.65. The van der Waals surface area contributed by atoms with Gasteiger partial charge in [0, 0.05) is 13.1 Å². The third-order valence-electron chi connectivity index (χ3n) is 3.87. The van der Waals surface area contributed by atoms with Crippen molar-refractivity contribution in [3.63, 3.8) is 0 Å². The summed E-state index contributed by atoms with van der Waals surface area (Å²) in [6.07, 6.45) is 3.34. The minimum atomic E-state index is -0.0325. The summed E-state index contributed by atoms with van der Waals surface area (Å²) in [6.45, 7) is 5.66. The van der Waals surface area contributed by atoms with Crippen LogP contribution >= 0.6 is 0 Å². The minimum absolute atomic E-state index is 0.0325. The van der Waals surface area contributed by atoms with Crippen LogP contribution in [-0.4, -0.2) is 44.1 Å². The van der Waals surface area contributed by atoms with Crippen molar-refractivity contribution in [3.05, 3.63) is 29.8 Å². The van der Waals surface area contributed by atoms with Crippen molar-refractivity contribution in [1.82, 2.24) is 10.2 Å². The number of carbonyl (C=O) groups is 1. The van der Waals surface area contributed by atoms with Gasteiger partial charge in [0.05, 0.1) is 12.2 Å². The fraction of sp³-hybridized carbons (Fsp3) is 0.588. The summed E-state index contributed by atoms with van der Waals surface area (Å²) in [5.74, 6) is 1.20. The number of benzene rings is 1. The molecule has 1 aromatic rings. The zero-order chi connectivity index (χ0) is 15.1. The Balaban J connectivity index is 1.90. The molecule has 21 heavy (non-hydrogen) atoms. The van der Waals surface area contributed by atoms with Crippen molar-refractivity contribution in [3.8, 4) is 5.75 Å². The van der Waals surface area contributed by atoms with E-state index in [-0.39, 0.29) is 5.91 Å². The highest BCUT2D eigenvalue weighted by Gasteiger charge is 2.19. The zero-order valence-corrected chi connectivity index (χ0v) is 13.1. The molecule has 1 aliphatic rings. The van der Waals surface area contributed by atoms with Gasteiger partial charge in [-0.3, -0.25) is 4.79 Å². The third-order valence-corrected chi connectivity index (χ3v) is 3.87. The molecule has 1 N–H and O–H groups in total. The Labute approximate surface area is 127 Å². The lowest BCUT2D eigenvalue weighted by atomic mass is 9.98. The number of likely N-dealkylation sites (tertiary alicyclic amines) is 1. The second-order valence-corrected chi connectivity index (χ2v) is 5.83. The molecular weight excluding hydrogens is 264 g/mol. The van der Waals surface area contributed by atoms with Crippen molar-refractivity contribution in [2.45, 2.75) is 26.2 Å². The SMILES string of the molecule is CCCOc1ccccc1C(=O)NC[C@H]1CCCN(C)C1. The van der Waals surface area contributed by atoms with E-state index in [1.807, 2.05) is 24.3 Å². The molecule has 0 radical (unpaired) electrons. The standard InChI is InChI=1S/C17H26N2O2/c1-3-11-21-16-9-5-4-8-15(16)17(20)18-12-14-7-6-10-19(2)13-14/h4-5,8-9,14H,3,6-7,10-13H2,1-2H3,(H,18,20)/t14-/m1/s1. The number of piperidine rings is 1. The van der Waals surface area contributed by atoms with Crippen molar-refractivity contribution in [2.75, 3.05) is 33.3 Å². The molecule has 1 atom stereocenters. The van der Waals surface area contributed by atoms with Crippen molar-refractivity contribution in [2.24, 2.45) is 5.92 Å². The van der Waals surface area contributed by atoms with E-state index in [1.54, 1.807) is 0 Å². The average Bonchev–Trinajstić information content (AvgIpc) is 2.51. The van der Waals surface area contributed by atoms with Gasteiger partial charge in [0.25, 0.3) is 5.91 Å². The van der Waals surface area contributed by atoms with Crippen molar-refractivity contribution >= 4 is 5.91 Å². The highest BCUT2D eigenvalue weighted by Crippen LogP contribution is 2.19. The first kappa shape index (κ1) is 15.8. The Hall–Kier alpha value is -1.55. The maximum Gasteiger partial charge on any atom is 0.255 e. The van der Waals surface area contributed by atoms with Crippen LogP contribution in [0.5, 0.6) is 5.75 Å². The zero-order valence-electron chi connectivity index (χ0n) is 13.1. The van der Waals surface area contributed by atoms with Crippen LogP contribution < -0.4 is 10.1 Å². The lowest BCUT2D eigenvalue weighted by Gasteiger charge is -2.29. The molecule has 0 aliphatic carbocycles. The molecule has 4 heteroatoms. The molecule has 0 bridgehead atoms. The monoisotopic (exact) mass is 290 g/mol. The average molecular weight is 290 g/mol. The Bertz CT molecular complexity index is 462. The van der Waals surface area contributed by atoms with Crippen LogP contribution in [0.3, 0.4) is 0 Å². The lowest BCUT2D eigenvalue weighted by molar-refractivity contribution is 0.0932. The molecule has 1 fully saturated rings. The van der Waals surface area contributed by atoms with Gasteiger partial charge in [0.15, 0.2) is 0 Å². The lowest BCUT2D eigenvalue weighted by Crippen LogP contribution is -2.39. The molecule has 0 spiro atoms. The number of rotatable bonds is 6. The molecule has 1 aromatic carbocycles. The van der Waals surface area contributed by atoms with Gasteiger partial charge >= 0.3 is 0 Å². The topological polar surface area (TPSA) is 41.6 Å². The van der Waals surface area contributed by atoms with Crippen LogP contribution in [0, 0.1) is 5.92 Å². The van der Waals surface area contributed by atoms with Crippen LogP contribution in [0.4, 0.5) is 0 Å². The molecule has 0 aromatic heterocycles. The summed E-state index contributed by atoms with van der Waals surface area (Å²) in [5, 5.41) is 3.06. The van der Waals surface area contributed by atoms with E-state index in [1.165, 1.54) is 12.8 Å². The predicted octanol–water partition coefficient (Wildman–Crippen LogP) is 2.55.